The first-order chi connectivity index (χ1) is 15.0. The molecule has 1 aliphatic carbocycles. The number of rotatable bonds is 7. The van der Waals surface area contributed by atoms with Crippen LogP contribution >= 0.6 is 11.8 Å². The van der Waals surface area contributed by atoms with Crippen LogP contribution in [0, 0.1) is 0 Å². The second-order valence-corrected chi connectivity index (χ2v) is 8.29. The van der Waals surface area contributed by atoms with Crippen LogP contribution in [-0.2, 0) is 6.42 Å². The number of carbonyl (C=O) groups excluding carboxylic acids is 2. The van der Waals surface area contributed by atoms with Crippen LogP contribution in [0.3, 0.4) is 0 Å². The zero-order valence-corrected chi connectivity index (χ0v) is 17.5. The molecule has 0 aromatic heterocycles. The summed E-state index contributed by atoms with van der Waals surface area (Å²) in [5.74, 6) is -0.123. The smallest absolute Gasteiger partial charge is 0.196 e. The van der Waals surface area contributed by atoms with Gasteiger partial charge in [0.15, 0.2) is 11.6 Å². The number of hydrogen-bond acceptors (Lipinski definition) is 7. The maximum absolute atomic E-state index is 13.4. The highest BCUT2D eigenvalue weighted by Gasteiger charge is 2.34. The molecule has 7 heteroatoms. The van der Waals surface area contributed by atoms with Crippen LogP contribution in [0.5, 0.6) is 0 Å². The number of nitrogens with two attached hydrogens (primary N) is 1. The molecule has 0 atom stereocenters. The summed E-state index contributed by atoms with van der Waals surface area (Å²) in [6, 6.07) is 16.0. The van der Waals surface area contributed by atoms with E-state index >= 15 is 0 Å². The van der Waals surface area contributed by atoms with Crippen molar-refractivity contribution in [2.24, 2.45) is 0 Å². The molecular weight excluding hydrogens is 412 g/mol. The summed E-state index contributed by atoms with van der Waals surface area (Å²) >= 11 is 1.33. The molecule has 5 N–H and O–H groups in total. The zero-order valence-electron chi connectivity index (χ0n) is 16.7. The van der Waals surface area contributed by atoms with Crippen molar-refractivity contribution in [3.8, 4) is 0 Å². The molecule has 0 radical (unpaired) electrons. The van der Waals surface area contributed by atoms with Crippen molar-refractivity contribution in [2.45, 2.75) is 11.3 Å². The van der Waals surface area contributed by atoms with E-state index in [1.54, 1.807) is 30.3 Å². The number of aliphatic hydroxyl groups excluding tert-OH is 2. The van der Waals surface area contributed by atoms with Gasteiger partial charge in [-0.2, -0.15) is 0 Å². The summed E-state index contributed by atoms with van der Waals surface area (Å²) in [7, 11) is 0. The van der Waals surface area contributed by atoms with Crippen LogP contribution in [0.1, 0.15) is 37.4 Å². The van der Waals surface area contributed by atoms with Crippen LogP contribution in [0.25, 0.3) is 0 Å². The highest BCUT2D eigenvalue weighted by Crippen LogP contribution is 2.41. The summed E-state index contributed by atoms with van der Waals surface area (Å²) in [5.41, 5.74) is 9.98. The van der Waals surface area contributed by atoms with Gasteiger partial charge in [-0.15, -0.1) is 11.8 Å². The third kappa shape index (κ3) is 3.95. The standard InChI is InChI=1S/C24H22N2O4S/c25-22-19(31-12-11-28)13-18(26-15-7-5-14(6-8-15)9-10-27)20-21(22)24(30)17-4-2-1-3-16(17)23(20)29/h1-8,13,26-28H,9-12,25H2. The van der Waals surface area contributed by atoms with Crippen molar-refractivity contribution in [2.75, 3.05) is 30.0 Å². The minimum Gasteiger partial charge on any atom is -0.397 e. The van der Waals surface area contributed by atoms with Crippen molar-refractivity contribution in [3.63, 3.8) is 0 Å². The van der Waals surface area contributed by atoms with E-state index in [1.807, 2.05) is 24.3 Å². The minimum absolute atomic E-state index is 0.0357. The summed E-state index contributed by atoms with van der Waals surface area (Å²) in [4.78, 5) is 27.3. The molecule has 0 saturated carbocycles. The Kier molecular flexibility index (Phi) is 6.08. The Labute approximate surface area is 184 Å². The number of hydrogen-bond donors (Lipinski definition) is 4. The highest BCUT2D eigenvalue weighted by atomic mass is 32.2. The van der Waals surface area contributed by atoms with Crippen molar-refractivity contribution in [1.82, 2.24) is 0 Å². The van der Waals surface area contributed by atoms with Gasteiger partial charge in [-0.25, -0.2) is 0 Å². The number of aliphatic hydroxyl groups is 2. The molecule has 0 heterocycles. The van der Waals surface area contributed by atoms with Crippen molar-refractivity contribution in [3.05, 3.63) is 82.4 Å². The van der Waals surface area contributed by atoms with E-state index in [1.165, 1.54) is 11.8 Å². The third-order valence-corrected chi connectivity index (χ3v) is 6.22. The second kappa shape index (κ2) is 8.93. The normalized spacial score (nSPS) is 12.5. The molecule has 0 bridgehead atoms. The first-order valence-electron chi connectivity index (χ1n) is 9.90. The quantitative estimate of drug-likeness (QED) is 0.260. The summed E-state index contributed by atoms with van der Waals surface area (Å²) in [6.07, 6.45) is 0.559. The first kappa shape index (κ1) is 21.1. The van der Waals surface area contributed by atoms with Crippen molar-refractivity contribution >= 4 is 40.4 Å². The first-order valence-corrected chi connectivity index (χ1v) is 10.9. The van der Waals surface area contributed by atoms with Crippen LogP contribution in [0.15, 0.2) is 59.5 Å². The maximum Gasteiger partial charge on any atom is 0.196 e. The summed E-state index contributed by atoms with van der Waals surface area (Å²) in [5, 5.41) is 21.6. The Morgan fingerprint density at radius 2 is 1.52 bits per heavy atom. The van der Waals surface area contributed by atoms with E-state index in [0.29, 0.717) is 33.9 Å². The van der Waals surface area contributed by atoms with Gasteiger partial charge < -0.3 is 21.3 Å². The monoisotopic (exact) mass is 434 g/mol. The molecule has 0 saturated heterocycles. The van der Waals surface area contributed by atoms with Crippen LogP contribution < -0.4 is 11.1 Å². The van der Waals surface area contributed by atoms with Crippen LogP contribution in [0.2, 0.25) is 0 Å². The lowest BCUT2D eigenvalue weighted by molar-refractivity contribution is 0.0980. The lowest BCUT2D eigenvalue weighted by Gasteiger charge is -2.24. The van der Waals surface area contributed by atoms with Gasteiger partial charge in [0.1, 0.15) is 0 Å². The largest absolute Gasteiger partial charge is 0.397 e. The number of fused-ring (bicyclic) bond motifs is 2. The van der Waals surface area contributed by atoms with Gasteiger partial charge in [0.2, 0.25) is 0 Å². The molecule has 3 aromatic rings. The Morgan fingerprint density at radius 3 is 2.13 bits per heavy atom. The van der Waals surface area contributed by atoms with E-state index in [4.69, 9.17) is 10.8 Å². The molecule has 31 heavy (non-hydrogen) atoms. The maximum atomic E-state index is 13.4. The predicted molar refractivity (Wildman–Crippen MR) is 122 cm³/mol. The van der Waals surface area contributed by atoms with Crippen molar-refractivity contribution in [1.29, 1.82) is 0 Å². The molecule has 158 valence electrons. The molecule has 6 nitrogen and oxygen atoms in total. The number of benzene rings is 3. The Morgan fingerprint density at radius 1 is 0.871 bits per heavy atom. The van der Waals surface area contributed by atoms with Gasteiger partial charge in [0.05, 0.1) is 29.1 Å². The topological polar surface area (TPSA) is 113 Å². The highest BCUT2D eigenvalue weighted by molar-refractivity contribution is 7.99. The lowest BCUT2D eigenvalue weighted by Crippen LogP contribution is -2.24. The summed E-state index contributed by atoms with van der Waals surface area (Å²) in [6.45, 7) is 0.0334. The van der Waals surface area contributed by atoms with Gasteiger partial charge in [0.25, 0.3) is 0 Å². The minimum atomic E-state index is -0.282. The molecule has 1 aliphatic rings. The second-order valence-electron chi connectivity index (χ2n) is 7.16. The van der Waals surface area contributed by atoms with E-state index in [2.05, 4.69) is 5.32 Å². The Hall–Kier alpha value is -3.13. The average molecular weight is 435 g/mol. The molecule has 4 rings (SSSR count). The Balaban J connectivity index is 1.84. The fourth-order valence-corrected chi connectivity index (χ4v) is 4.48. The van der Waals surface area contributed by atoms with E-state index in [-0.39, 0.29) is 41.6 Å². The number of thioether (sulfide) groups is 1. The molecule has 3 aromatic carbocycles. The molecule has 0 aliphatic heterocycles. The average Bonchev–Trinajstić information content (AvgIpc) is 2.79. The van der Waals surface area contributed by atoms with Crippen molar-refractivity contribution < 1.29 is 19.8 Å². The number of ketones is 2. The van der Waals surface area contributed by atoms with Gasteiger partial charge >= 0.3 is 0 Å². The van der Waals surface area contributed by atoms with Gasteiger partial charge in [-0.1, -0.05) is 36.4 Å². The molecule has 0 unspecified atom stereocenters. The molecule has 0 fully saturated rings. The lowest BCUT2D eigenvalue weighted by atomic mass is 9.82. The number of carbonyl (C=O) groups is 2. The van der Waals surface area contributed by atoms with E-state index in [9.17, 15) is 14.7 Å². The summed E-state index contributed by atoms with van der Waals surface area (Å²) < 4.78 is 0. The molecule has 0 amide bonds. The number of nitrogen functional groups attached to an aromatic ring is 1. The predicted octanol–water partition coefficient (Wildman–Crippen LogP) is 3.41. The number of anilines is 3. The van der Waals surface area contributed by atoms with Crippen LogP contribution in [0.4, 0.5) is 17.1 Å². The number of nitrogens with one attached hydrogen (secondary N) is 1. The van der Waals surface area contributed by atoms with Gasteiger partial charge in [0, 0.05) is 34.1 Å². The third-order valence-electron chi connectivity index (χ3n) is 5.18. The fraction of sp³-hybridized carbons (Fsp3) is 0.167. The van der Waals surface area contributed by atoms with Gasteiger partial charge in [-0.05, 0) is 30.2 Å². The SMILES string of the molecule is Nc1c(SCCO)cc(Nc2ccc(CCO)cc2)c2c1C(=O)c1ccccc1C2=O. The fourth-order valence-electron chi connectivity index (χ4n) is 3.71. The van der Waals surface area contributed by atoms with E-state index in [0.717, 1.165) is 11.3 Å². The zero-order chi connectivity index (χ0) is 22.0. The Bertz CT molecular complexity index is 1160. The van der Waals surface area contributed by atoms with Gasteiger partial charge in [-0.3, -0.25) is 9.59 Å². The van der Waals surface area contributed by atoms with Crippen LogP contribution in [-0.4, -0.2) is 40.7 Å². The molecule has 0 spiro atoms. The van der Waals surface area contributed by atoms with E-state index < -0.39 is 0 Å². The molecular formula is C24H22N2O4S.